The maximum absolute atomic E-state index is 12.6. The summed E-state index contributed by atoms with van der Waals surface area (Å²) in [6.07, 6.45) is 14.2. The van der Waals surface area contributed by atoms with Crippen LogP contribution in [0.3, 0.4) is 0 Å². The lowest BCUT2D eigenvalue weighted by Crippen LogP contribution is -2.52. The van der Waals surface area contributed by atoms with Crippen LogP contribution in [0.4, 0.5) is 0 Å². The van der Waals surface area contributed by atoms with Crippen LogP contribution in [0.15, 0.2) is 30.3 Å². The van der Waals surface area contributed by atoms with Crippen molar-refractivity contribution in [1.82, 2.24) is 15.6 Å². The number of unbranched alkanes of at least 4 members (excludes halogenated alkanes) is 11. The normalized spacial score (nSPS) is 13.1. The van der Waals surface area contributed by atoms with Gasteiger partial charge in [-0.05, 0) is 25.5 Å². The predicted octanol–water partition coefficient (Wildman–Crippen LogP) is 5.46. The second kappa shape index (κ2) is 15.5. The van der Waals surface area contributed by atoms with E-state index < -0.39 is 18.1 Å². The van der Waals surface area contributed by atoms with Crippen LogP contribution in [0.5, 0.6) is 0 Å². The molecule has 0 saturated heterocycles. The zero-order valence-electron chi connectivity index (χ0n) is 20.5. The number of aromatic nitrogens is 1. The van der Waals surface area contributed by atoms with Gasteiger partial charge < -0.3 is 20.7 Å². The molecule has 6 nitrogen and oxygen atoms in total. The number of aliphatic hydroxyl groups excluding tert-OH is 1. The van der Waals surface area contributed by atoms with E-state index in [1.807, 2.05) is 24.3 Å². The Balaban J connectivity index is 1.59. The summed E-state index contributed by atoms with van der Waals surface area (Å²) in [6, 6.07) is 8.35. The molecule has 0 aliphatic rings. The van der Waals surface area contributed by atoms with E-state index in [1.165, 1.54) is 71.1 Å². The van der Waals surface area contributed by atoms with Crippen molar-refractivity contribution in [3.8, 4) is 0 Å². The third-order valence-corrected chi connectivity index (χ3v) is 6.16. The molecule has 184 valence electrons. The lowest BCUT2D eigenvalue weighted by atomic mass is 10.1. The second-order valence-corrected chi connectivity index (χ2v) is 9.14. The van der Waals surface area contributed by atoms with Crippen LogP contribution in [-0.2, 0) is 4.79 Å². The first kappa shape index (κ1) is 26.9. The minimum Gasteiger partial charge on any atom is -0.391 e. The monoisotopic (exact) mass is 457 g/mol. The van der Waals surface area contributed by atoms with Crippen molar-refractivity contribution in [3.05, 3.63) is 36.0 Å². The number of benzene rings is 1. The van der Waals surface area contributed by atoms with Crippen LogP contribution < -0.4 is 10.6 Å². The third kappa shape index (κ3) is 9.99. The number of rotatable bonds is 17. The number of carbonyl (C=O) groups excluding carboxylic acids is 2. The first-order chi connectivity index (χ1) is 16.0. The van der Waals surface area contributed by atoms with Gasteiger partial charge in [0.15, 0.2) is 0 Å². The fourth-order valence-electron chi connectivity index (χ4n) is 4.11. The minimum absolute atomic E-state index is 0.350. The minimum atomic E-state index is -0.986. The summed E-state index contributed by atoms with van der Waals surface area (Å²) in [5, 5.41) is 16.5. The van der Waals surface area contributed by atoms with E-state index in [2.05, 4.69) is 22.5 Å². The highest BCUT2D eigenvalue weighted by Crippen LogP contribution is 2.15. The van der Waals surface area contributed by atoms with Gasteiger partial charge in [0.05, 0.1) is 6.10 Å². The smallest absolute Gasteiger partial charge is 0.268 e. The van der Waals surface area contributed by atoms with Crippen molar-refractivity contribution >= 4 is 22.7 Å². The van der Waals surface area contributed by atoms with Gasteiger partial charge in [-0.25, -0.2) is 0 Å². The molecule has 0 aliphatic heterocycles. The summed E-state index contributed by atoms with van der Waals surface area (Å²) in [4.78, 5) is 28.2. The van der Waals surface area contributed by atoms with Crippen molar-refractivity contribution in [1.29, 1.82) is 0 Å². The van der Waals surface area contributed by atoms with Crippen LogP contribution in [0, 0.1) is 0 Å². The van der Waals surface area contributed by atoms with E-state index in [0.29, 0.717) is 12.2 Å². The number of carbonyl (C=O) groups is 2. The molecule has 2 amide bonds. The maximum atomic E-state index is 12.6. The predicted molar refractivity (Wildman–Crippen MR) is 135 cm³/mol. The lowest BCUT2D eigenvalue weighted by molar-refractivity contribution is -0.125. The number of aliphatic hydroxyl groups is 1. The Morgan fingerprint density at radius 1 is 0.909 bits per heavy atom. The Morgan fingerprint density at radius 2 is 1.48 bits per heavy atom. The Kier molecular flexibility index (Phi) is 12.6. The Morgan fingerprint density at radius 3 is 2.06 bits per heavy atom. The largest absolute Gasteiger partial charge is 0.391 e. The zero-order valence-corrected chi connectivity index (χ0v) is 20.5. The highest BCUT2D eigenvalue weighted by atomic mass is 16.3. The molecule has 0 fully saturated rings. The summed E-state index contributed by atoms with van der Waals surface area (Å²) < 4.78 is 0. The number of aromatic amines is 1. The Hall–Kier alpha value is -2.34. The van der Waals surface area contributed by atoms with Crippen molar-refractivity contribution in [2.75, 3.05) is 6.54 Å². The van der Waals surface area contributed by atoms with Gasteiger partial charge >= 0.3 is 0 Å². The van der Waals surface area contributed by atoms with Crippen molar-refractivity contribution in [2.24, 2.45) is 0 Å². The molecular formula is C27H43N3O3. The van der Waals surface area contributed by atoms with Crippen LogP contribution in [0.2, 0.25) is 0 Å². The second-order valence-electron chi connectivity index (χ2n) is 9.14. The van der Waals surface area contributed by atoms with Gasteiger partial charge in [0.25, 0.3) is 5.91 Å². The van der Waals surface area contributed by atoms with Crippen molar-refractivity contribution in [3.63, 3.8) is 0 Å². The number of amides is 2. The zero-order chi connectivity index (χ0) is 23.9. The Bertz CT molecular complexity index is 798. The molecule has 0 spiro atoms. The highest BCUT2D eigenvalue weighted by molar-refractivity contribution is 6.00. The molecule has 1 aromatic carbocycles. The average Bonchev–Trinajstić information content (AvgIpc) is 3.24. The molecule has 0 radical (unpaired) electrons. The summed E-state index contributed by atoms with van der Waals surface area (Å²) in [6.45, 7) is 4.32. The molecule has 6 heteroatoms. The van der Waals surface area contributed by atoms with Crippen LogP contribution in [0.1, 0.15) is 101 Å². The van der Waals surface area contributed by atoms with Crippen LogP contribution in [-0.4, -0.2) is 40.6 Å². The topological polar surface area (TPSA) is 94.2 Å². The molecule has 2 rings (SSSR count). The van der Waals surface area contributed by atoms with Gasteiger partial charge in [0, 0.05) is 17.4 Å². The van der Waals surface area contributed by atoms with E-state index in [9.17, 15) is 14.7 Å². The molecule has 2 aromatic rings. The van der Waals surface area contributed by atoms with E-state index in [4.69, 9.17) is 0 Å². The van der Waals surface area contributed by atoms with Gasteiger partial charge in [-0.3, -0.25) is 9.59 Å². The summed E-state index contributed by atoms with van der Waals surface area (Å²) >= 11 is 0. The van der Waals surface area contributed by atoms with Crippen molar-refractivity contribution < 1.29 is 14.7 Å². The highest BCUT2D eigenvalue weighted by Gasteiger charge is 2.26. The molecule has 0 bridgehead atoms. The first-order valence-electron chi connectivity index (χ1n) is 12.9. The number of nitrogens with one attached hydrogen (secondary N) is 3. The number of hydrogen-bond acceptors (Lipinski definition) is 3. The number of hydrogen-bond donors (Lipinski definition) is 4. The molecule has 33 heavy (non-hydrogen) atoms. The first-order valence-corrected chi connectivity index (χ1v) is 12.9. The number of fused-ring (bicyclic) bond motifs is 1. The van der Waals surface area contributed by atoms with Crippen molar-refractivity contribution in [2.45, 2.75) is 103 Å². The molecular weight excluding hydrogens is 414 g/mol. The van der Waals surface area contributed by atoms with Gasteiger partial charge in [0.1, 0.15) is 11.7 Å². The average molecular weight is 458 g/mol. The molecule has 0 saturated carbocycles. The standard InChI is InChI=1S/C27H43N3O3/c1-3-4-5-6-7-8-9-10-11-12-13-16-19-28-27(33)25(21(2)31)30-26(32)24-20-22-17-14-15-18-23(22)29-24/h14-15,17-18,20-21,25,29,31H,3-13,16,19H2,1-2H3,(H,28,33)(H,30,32). The van der Waals surface area contributed by atoms with E-state index in [-0.39, 0.29) is 5.91 Å². The molecule has 0 aliphatic carbocycles. The molecule has 2 unspecified atom stereocenters. The fraction of sp³-hybridized carbons (Fsp3) is 0.630. The summed E-state index contributed by atoms with van der Waals surface area (Å²) in [5.41, 5.74) is 1.23. The van der Waals surface area contributed by atoms with Gasteiger partial charge in [-0.1, -0.05) is 95.8 Å². The van der Waals surface area contributed by atoms with Crippen LogP contribution >= 0.6 is 0 Å². The molecule has 1 heterocycles. The summed E-state index contributed by atoms with van der Waals surface area (Å²) in [7, 11) is 0. The Labute approximate surface area is 198 Å². The van der Waals surface area contributed by atoms with Gasteiger partial charge in [-0.2, -0.15) is 0 Å². The fourth-order valence-corrected chi connectivity index (χ4v) is 4.11. The molecule has 1 aromatic heterocycles. The summed E-state index contributed by atoms with van der Waals surface area (Å²) in [5.74, 6) is -0.754. The quantitative estimate of drug-likeness (QED) is 0.237. The van der Waals surface area contributed by atoms with E-state index in [0.717, 1.165) is 23.7 Å². The molecule has 2 atom stereocenters. The third-order valence-electron chi connectivity index (χ3n) is 6.16. The number of H-pyrrole nitrogens is 1. The lowest BCUT2D eigenvalue weighted by Gasteiger charge is -2.20. The molecule has 4 N–H and O–H groups in total. The number of para-hydroxylation sites is 1. The van der Waals surface area contributed by atoms with Crippen LogP contribution in [0.25, 0.3) is 10.9 Å². The van der Waals surface area contributed by atoms with Gasteiger partial charge in [0.2, 0.25) is 5.91 Å². The maximum Gasteiger partial charge on any atom is 0.268 e. The SMILES string of the molecule is CCCCCCCCCCCCCCNC(=O)C(NC(=O)c1cc2ccccc2[nH]1)C(C)O. The van der Waals surface area contributed by atoms with E-state index >= 15 is 0 Å². The van der Waals surface area contributed by atoms with Gasteiger partial charge in [-0.15, -0.1) is 0 Å². The van der Waals surface area contributed by atoms with E-state index in [1.54, 1.807) is 6.07 Å².